The summed E-state index contributed by atoms with van der Waals surface area (Å²) in [7, 11) is 0. The molecule has 2 nitrogen and oxygen atoms in total. The molecule has 0 amide bonds. The fourth-order valence-corrected chi connectivity index (χ4v) is 3.36. The molecular weight excluding hydrogens is 280 g/mol. The van der Waals surface area contributed by atoms with E-state index in [1.807, 2.05) is 12.1 Å². The number of hydrogen-bond acceptors (Lipinski definition) is 1. The summed E-state index contributed by atoms with van der Waals surface area (Å²) in [4.78, 5) is 0. The van der Waals surface area contributed by atoms with Gasteiger partial charge in [0, 0.05) is 47.7 Å². The molecule has 1 aromatic heterocycles. The lowest BCUT2D eigenvalue weighted by Crippen LogP contribution is -2.17. The summed E-state index contributed by atoms with van der Waals surface area (Å²) in [6.45, 7) is 3.13. The van der Waals surface area contributed by atoms with Gasteiger partial charge < -0.3 is 9.88 Å². The number of rotatable bonds is 1. The van der Waals surface area contributed by atoms with E-state index in [4.69, 9.17) is 11.6 Å². The van der Waals surface area contributed by atoms with Crippen molar-refractivity contribution in [1.82, 2.24) is 9.88 Å². The maximum Gasteiger partial charge on any atom is 0.0562 e. The van der Waals surface area contributed by atoms with Crippen molar-refractivity contribution in [3.05, 3.63) is 59.2 Å². The third kappa shape index (κ3) is 2.25. The minimum Gasteiger partial charge on any atom is -0.343 e. The van der Waals surface area contributed by atoms with Gasteiger partial charge in [0.1, 0.15) is 0 Å². The zero-order valence-electron chi connectivity index (χ0n) is 11.8. The van der Waals surface area contributed by atoms with Gasteiger partial charge in [-0.3, -0.25) is 0 Å². The first-order valence-electron chi connectivity index (χ1n) is 7.41. The van der Waals surface area contributed by atoms with E-state index in [9.17, 15) is 0 Å². The molecule has 0 fully saturated rings. The van der Waals surface area contributed by atoms with Gasteiger partial charge in [-0.05, 0) is 23.8 Å². The van der Waals surface area contributed by atoms with Crippen molar-refractivity contribution in [3.8, 4) is 11.1 Å². The topological polar surface area (TPSA) is 17.0 Å². The lowest BCUT2D eigenvalue weighted by atomic mass is 10.0. The van der Waals surface area contributed by atoms with Crippen molar-refractivity contribution >= 4 is 22.5 Å². The number of fused-ring (bicyclic) bond motifs is 3. The van der Waals surface area contributed by atoms with Crippen LogP contribution in [0.3, 0.4) is 0 Å². The molecule has 1 aliphatic rings. The Hall–Kier alpha value is -1.77. The Balaban J connectivity index is 1.96. The normalized spacial score (nSPS) is 14.9. The number of aromatic nitrogens is 1. The molecule has 2 aromatic carbocycles. The molecule has 0 spiro atoms. The van der Waals surface area contributed by atoms with E-state index in [0.29, 0.717) is 0 Å². The first kappa shape index (κ1) is 12.9. The van der Waals surface area contributed by atoms with Gasteiger partial charge in [-0.1, -0.05) is 41.9 Å². The summed E-state index contributed by atoms with van der Waals surface area (Å²) >= 11 is 6.02. The molecule has 3 aromatic rings. The average molecular weight is 297 g/mol. The number of hydrogen-bond donors (Lipinski definition) is 1. The molecule has 1 N–H and O–H groups in total. The molecule has 0 aliphatic carbocycles. The smallest absolute Gasteiger partial charge is 0.0562 e. The molecule has 0 saturated carbocycles. The van der Waals surface area contributed by atoms with Crippen LogP contribution >= 0.6 is 11.6 Å². The van der Waals surface area contributed by atoms with E-state index in [0.717, 1.165) is 31.1 Å². The highest BCUT2D eigenvalue weighted by Gasteiger charge is 2.14. The lowest BCUT2D eigenvalue weighted by Gasteiger charge is -2.11. The number of halogens is 1. The number of nitrogens with one attached hydrogen (secondary N) is 1. The summed E-state index contributed by atoms with van der Waals surface area (Å²) in [5.74, 6) is 0. The third-order valence-corrected chi connectivity index (χ3v) is 4.48. The van der Waals surface area contributed by atoms with Gasteiger partial charge in [0.25, 0.3) is 0 Å². The zero-order chi connectivity index (χ0) is 14.2. The van der Waals surface area contributed by atoms with Crippen LogP contribution in [0.25, 0.3) is 22.0 Å². The Bertz CT molecular complexity index is 787. The fourth-order valence-electron chi connectivity index (χ4n) is 3.24. The Morgan fingerprint density at radius 2 is 1.86 bits per heavy atom. The third-order valence-electron chi connectivity index (χ3n) is 4.23. The Morgan fingerprint density at radius 1 is 1.00 bits per heavy atom. The molecule has 1 aliphatic heterocycles. The first-order valence-corrected chi connectivity index (χ1v) is 7.78. The Labute approximate surface area is 129 Å². The number of benzene rings is 2. The van der Waals surface area contributed by atoms with Crippen LogP contribution in [0.15, 0.2) is 48.5 Å². The van der Waals surface area contributed by atoms with Crippen LogP contribution in [-0.4, -0.2) is 17.7 Å². The van der Waals surface area contributed by atoms with E-state index in [-0.39, 0.29) is 0 Å². The van der Waals surface area contributed by atoms with E-state index in [1.165, 1.54) is 27.7 Å². The lowest BCUT2D eigenvalue weighted by molar-refractivity contribution is 0.658. The van der Waals surface area contributed by atoms with Gasteiger partial charge >= 0.3 is 0 Å². The second-order valence-corrected chi connectivity index (χ2v) is 5.97. The largest absolute Gasteiger partial charge is 0.343 e. The summed E-state index contributed by atoms with van der Waals surface area (Å²) in [5, 5.41) is 5.59. The first-order chi connectivity index (χ1) is 10.3. The van der Waals surface area contributed by atoms with Crippen LogP contribution in [0.2, 0.25) is 5.02 Å². The molecule has 0 bridgehead atoms. The molecule has 0 saturated heterocycles. The van der Waals surface area contributed by atoms with Gasteiger partial charge in [-0.2, -0.15) is 0 Å². The average Bonchev–Trinajstić information content (AvgIpc) is 2.70. The molecule has 21 heavy (non-hydrogen) atoms. The minimum absolute atomic E-state index is 0.782. The maximum absolute atomic E-state index is 6.02. The second kappa shape index (κ2) is 5.21. The number of nitrogens with zero attached hydrogens (tertiary/aromatic N) is 1. The van der Waals surface area contributed by atoms with E-state index < -0.39 is 0 Å². The SMILES string of the molecule is Clc1ccc(-c2cccc3cc4n(c23)CCNCC4)cc1. The predicted octanol–water partition coefficient (Wildman–Crippen LogP) is 4.11. The second-order valence-electron chi connectivity index (χ2n) is 5.54. The monoisotopic (exact) mass is 296 g/mol. The van der Waals surface area contributed by atoms with Crippen LogP contribution in [0.5, 0.6) is 0 Å². The summed E-state index contributed by atoms with van der Waals surface area (Å²) in [6, 6.07) is 17.0. The quantitative estimate of drug-likeness (QED) is 0.715. The molecule has 0 unspecified atom stereocenters. The Morgan fingerprint density at radius 3 is 2.71 bits per heavy atom. The van der Waals surface area contributed by atoms with Crippen molar-refractivity contribution in [2.45, 2.75) is 13.0 Å². The Kier molecular flexibility index (Phi) is 3.21. The van der Waals surface area contributed by atoms with Crippen LogP contribution in [-0.2, 0) is 13.0 Å². The van der Waals surface area contributed by atoms with Crippen LogP contribution in [0.1, 0.15) is 5.69 Å². The number of para-hydroxylation sites is 1. The summed E-state index contributed by atoms with van der Waals surface area (Å²) < 4.78 is 2.47. The molecule has 0 atom stereocenters. The van der Waals surface area contributed by atoms with Gasteiger partial charge in [0.15, 0.2) is 0 Å². The predicted molar refractivity (Wildman–Crippen MR) is 89.0 cm³/mol. The van der Waals surface area contributed by atoms with Crippen LogP contribution in [0.4, 0.5) is 0 Å². The zero-order valence-corrected chi connectivity index (χ0v) is 12.5. The molecular formula is C18H17ClN2. The summed E-state index contributed by atoms with van der Waals surface area (Å²) in [5.41, 5.74) is 5.29. The highest BCUT2D eigenvalue weighted by molar-refractivity contribution is 6.30. The molecule has 106 valence electrons. The van der Waals surface area contributed by atoms with Crippen molar-refractivity contribution in [1.29, 1.82) is 0 Å². The van der Waals surface area contributed by atoms with Crippen LogP contribution < -0.4 is 5.32 Å². The molecule has 2 heterocycles. The highest BCUT2D eigenvalue weighted by Crippen LogP contribution is 2.32. The van der Waals surface area contributed by atoms with Gasteiger partial charge in [-0.15, -0.1) is 0 Å². The van der Waals surface area contributed by atoms with Gasteiger partial charge in [0.05, 0.1) is 5.52 Å². The minimum atomic E-state index is 0.782. The van der Waals surface area contributed by atoms with E-state index in [2.05, 4.69) is 46.3 Å². The fraction of sp³-hybridized carbons (Fsp3) is 0.222. The van der Waals surface area contributed by atoms with Crippen molar-refractivity contribution in [2.24, 2.45) is 0 Å². The van der Waals surface area contributed by atoms with E-state index in [1.54, 1.807) is 0 Å². The molecule has 0 radical (unpaired) electrons. The van der Waals surface area contributed by atoms with E-state index >= 15 is 0 Å². The van der Waals surface area contributed by atoms with Gasteiger partial charge in [-0.25, -0.2) is 0 Å². The summed E-state index contributed by atoms with van der Waals surface area (Å²) in [6.07, 6.45) is 1.09. The molecule has 3 heteroatoms. The van der Waals surface area contributed by atoms with Crippen molar-refractivity contribution in [2.75, 3.05) is 13.1 Å². The van der Waals surface area contributed by atoms with Crippen molar-refractivity contribution < 1.29 is 0 Å². The maximum atomic E-state index is 6.02. The standard InChI is InChI=1S/C18H17ClN2/c19-15-6-4-13(5-7-15)17-3-1-2-14-12-16-8-9-20-10-11-21(16)18(14)17/h1-7,12,20H,8-11H2. The van der Waals surface area contributed by atoms with Crippen LogP contribution in [0, 0.1) is 0 Å². The van der Waals surface area contributed by atoms with Crippen molar-refractivity contribution in [3.63, 3.8) is 0 Å². The molecule has 4 rings (SSSR count). The van der Waals surface area contributed by atoms with Gasteiger partial charge in [0.2, 0.25) is 0 Å². The highest BCUT2D eigenvalue weighted by atomic mass is 35.5.